The molecule has 7 nitrogen and oxygen atoms in total. The zero-order valence-corrected chi connectivity index (χ0v) is 15.8. The Labute approximate surface area is 162 Å². The van der Waals surface area contributed by atoms with Crippen molar-refractivity contribution in [3.8, 4) is 0 Å². The average molecular weight is 377 g/mol. The molecule has 0 radical (unpaired) electrons. The summed E-state index contributed by atoms with van der Waals surface area (Å²) in [6.45, 7) is 2.54. The first kappa shape index (κ1) is 18.2. The van der Waals surface area contributed by atoms with E-state index in [1.165, 1.54) is 11.6 Å². The van der Waals surface area contributed by atoms with Crippen molar-refractivity contribution in [3.63, 3.8) is 0 Å². The molecule has 28 heavy (non-hydrogen) atoms. The number of aryl methyl sites for hydroxylation is 2. The van der Waals surface area contributed by atoms with E-state index in [4.69, 9.17) is 0 Å². The van der Waals surface area contributed by atoms with E-state index in [-0.39, 0.29) is 17.5 Å². The highest BCUT2D eigenvalue weighted by atomic mass is 16.2. The van der Waals surface area contributed by atoms with E-state index in [0.29, 0.717) is 11.3 Å². The number of amides is 1. The maximum Gasteiger partial charge on any atom is 0.251 e. The van der Waals surface area contributed by atoms with Gasteiger partial charge in [0.2, 0.25) is 5.56 Å². The molecule has 0 saturated carbocycles. The number of carbonyl (C=O) groups is 1. The number of aromatic amines is 1. The number of hydrogen-bond acceptors (Lipinski definition) is 4. The number of benzene rings is 1. The summed E-state index contributed by atoms with van der Waals surface area (Å²) in [6.07, 6.45) is 3.12. The van der Waals surface area contributed by atoms with Crippen LogP contribution in [-0.4, -0.2) is 31.7 Å². The van der Waals surface area contributed by atoms with Crippen LogP contribution in [0.25, 0.3) is 0 Å². The Balaban J connectivity index is 1.43. The molecule has 0 aliphatic carbocycles. The van der Waals surface area contributed by atoms with E-state index in [1.54, 1.807) is 13.0 Å². The largest absolute Gasteiger partial charge is 0.349 e. The highest BCUT2D eigenvalue weighted by molar-refractivity contribution is 5.94. The number of pyridine rings is 1. The minimum Gasteiger partial charge on any atom is -0.349 e. The molecule has 0 saturated heterocycles. The summed E-state index contributed by atoms with van der Waals surface area (Å²) in [5.74, 6) is 1.72. The molecule has 0 fully saturated rings. The second-order valence-electron chi connectivity index (χ2n) is 7.26. The van der Waals surface area contributed by atoms with Gasteiger partial charge in [0.15, 0.2) is 0 Å². The summed E-state index contributed by atoms with van der Waals surface area (Å²) in [4.78, 5) is 26.8. The summed E-state index contributed by atoms with van der Waals surface area (Å²) in [5.41, 5.74) is 2.02. The van der Waals surface area contributed by atoms with Crippen molar-refractivity contribution in [1.29, 1.82) is 0 Å². The molecule has 2 aromatic heterocycles. The van der Waals surface area contributed by atoms with Gasteiger partial charge in [0.05, 0.1) is 0 Å². The summed E-state index contributed by atoms with van der Waals surface area (Å²) >= 11 is 0. The number of H-pyrrole nitrogens is 1. The highest BCUT2D eigenvalue weighted by Crippen LogP contribution is 2.18. The predicted octanol–water partition coefficient (Wildman–Crippen LogP) is 2.00. The molecule has 3 heterocycles. The molecule has 4 rings (SSSR count). The molecule has 7 heteroatoms. The molecular weight excluding hydrogens is 354 g/mol. The smallest absolute Gasteiger partial charge is 0.251 e. The fraction of sp³-hybridized carbons (Fsp3) is 0.333. The van der Waals surface area contributed by atoms with Gasteiger partial charge in [-0.2, -0.15) is 0 Å². The zero-order chi connectivity index (χ0) is 19.5. The Morgan fingerprint density at radius 2 is 2.04 bits per heavy atom. The van der Waals surface area contributed by atoms with Gasteiger partial charge in [-0.25, -0.2) is 0 Å². The van der Waals surface area contributed by atoms with Gasteiger partial charge in [0, 0.05) is 42.8 Å². The number of nitrogens with one attached hydrogen (secondary N) is 2. The van der Waals surface area contributed by atoms with Gasteiger partial charge in [-0.15, -0.1) is 10.2 Å². The van der Waals surface area contributed by atoms with Crippen LogP contribution in [0.4, 0.5) is 0 Å². The molecular formula is C21H23N5O2. The lowest BCUT2D eigenvalue weighted by Gasteiger charge is -2.16. The van der Waals surface area contributed by atoms with E-state index >= 15 is 0 Å². The molecule has 1 aliphatic rings. The van der Waals surface area contributed by atoms with Gasteiger partial charge in [-0.3, -0.25) is 9.59 Å². The van der Waals surface area contributed by atoms with Crippen LogP contribution in [0.1, 0.15) is 46.1 Å². The Kier molecular flexibility index (Phi) is 5.06. The number of fused-ring (bicyclic) bond motifs is 1. The second kappa shape index (κ2) is 7.80. The third-order valence-corrected chi connectivity index (χ3v) is 5.10. The Morgan fingerprint density at radius 1 is 1.21 bits per heavy atom. The lowest BCUT2D eigenvalue weighted by molar-refractivity contribution is 0.0932. The van der Waals surface area contributed by atoms with E-state index in [1.807, 2.05) is 18.2 Å². The number of rotatable bonds is 4. The van der Waals surface area contributed by atoms with Gasteiger partial charge in [0.1, 0.15) is 11.6 Å². The van der Waals surface area contributed by atoms with Crippen LogP contribution in [0.5, 0.6) is 0 Å². The van der Waals surface area contributed by atoms with Gasteiger partial charge >= 0.3 is 0 Å². The van der Waals surface area contributed by atoms with Gasteiger partial charge < -0.3 is 14.9 Å². The standard InChI is InChI=1S/C21H23N5O2/c1-14-11-16(13-20(27)22-14)21(28)23-17-7-8-18-24-25-19(26(18)10-9-17)12-15-5-3-2-4-6-15/h2-6,11,13,17H,7-10,12H2,1H3,(H,22,27)(H,23,28). The SMILES string of the molecule is Cc1cc(C(=O)NC2CCc3nnc(Cc4ccccc4)n3CC2)cc(=O)[nH]1. The van der Waals surface area contributed by atoms with E-state index in [0.717, 1.165) is 43.9 Å². The molecule has 0 spiro atoms. The summed E-state index contributed by atoms with van der Waals surface area (Å²) < 4.78 is 2.18. The highest BCUT2D eigenvalue weighted by Gasteiger charge is 2.22. The van der Waals surface area contributed by atoms with Crippen molar-refractivity contribution in [1.82, 2.24) is 25.1 Å². The molecule has 1 aliphatic heterocycles. The van der Waals surface area contributed by atoms with Gasteiger partial charge in [0.25, 0.3) is 5.91 Å². The Hall–Kier alpha value is -3.22. The average Bonchev–Trinajstić information content (AvgIpc) is 2.93. The van der Waals surface area contributed by atoms with Crippen LogP contribution in [0.3, 0.4) is 0 Å². The maximum absolute atomic E-state index is 12.6. The number of nitrogens with zero attached hydrogens (tertiary/aromatic N) is 3. The summed E-state index contributed by atoms with van der Waals surface area (Å²) in [7, 11) is 0. The van der Waals surface area contributed by atoms with Crippen LogP contribution in [-0.2, 0) is 19.4 Å². The van der Waals surface area contributed by atoms with Crippen LogP contribution < -0.4 is 10.9 Å². The first-order valence-corrected chi connectivity index (χ1v) is 9.55. The van der Waals surface area contributed by atoms with Crippen LogP contribution >= 0.6 is 0 Å². The predicted molar refractivity (Wildman–Crippen MR) is 105 cm³/mol. The van der Waals surface area contributed by atoms with Gasteiger partial charge in [-0.05, 0) is 31.4 Å². The van der Waals surface area contributed by atoms with Crippen LogP contribution in [0, 0.1) is 6.92 Å². The van der Waals surface area contributed by atoms with Crippen LogP contribution in [0.2, 0.25) is 0 Å². The molecule has 0 bridgehead atoms. The normalized spacial score (nSPS) is 16.2. The molecule has 3 aromatic rings. The Morgan fingerprint density at radius 3 is 2.82 bits per heavy atom. The van der Waals surface area contributed by atoms with Crippen molar-refractivity contribution in [3.05, 3.63) is 81.3 Å². The third kappa shape index (κ3) is 4.03. The number of hydrogen-bond donors (Lipinski definition) is 2. The van der Waals surface area contributed by atoms with Crippen molar-refractivity contribution < 1.29 is 4.79 Å². The maximum atomic E-state index is 12.6. The lowest BCUT2D eigenvalue weighted by atomic mass is 10.1. The van der Waals surface area contributed by atoms with Crippen LogP contribution in [0.15, 0.2) is 47.3 Å². The number of aromatic nitrogens is 4. The fourth-order valence-electron chi connectivity index (χ4n) is 3.68. The third-order valence-electron chi connectivity index (χ3n) is 5.10. The van der Waals surface area contributed by atoms with Gasteiger partial charge in [-0.1, -0.05) is 30.3 Å². The monoisotopic (exact) mass is 377 g/mol. The van der Waals surface area contributed by atoms with Crippen molar-refractivity contribution in [2.75, 3.05) is 0 Å². The molecule has 1 amide bonds. The molecule has 144 valence electrons. The summed E-state index contributed by atoms with van der Waals surface area (Å²) in [6, 6.07) is 13.3. The minimum absolute atomic E-state index is 0.0402. The fourth-order valence-corrected chi connectivity index (χ4v) is 3.68. The second-order valence-corrected chi connectivity index (χ2v) is 7.26. The first-order valence-electron chi connectivity index (χ1n) is 9.55. The Bertz CT molecular complexity index is 1040. The molecule has 2 N–H and O–H groups in total. The molecule has 1 unspecified atom stereocenters. The minimum atomic E-state index is -0.261. The van der Waals surface area contributed by atoms with Crippen molar-refractivity contribution in [2.24, 2.45) is 0 Å². The molecule has 1 atom stereocenters. The first-order chi connectivity index (χ1) is 13.6. The topological polar surface area (TPSA) is 92.7 Å². The summed E-state index contributed by atoms with van der Waals surface area (Å²) in [5, 5.41) is 11.8. The lowest BCUT2D eigenvalue weighted by Crippen LogP contribution is -2.35. The van der Waals surface area contributed by atoms with Crippen molar-refractivity contribution >= 4 is 5.91 Å². The van der Waals surface area contributed by atoms with E-state index < -0.39 is 0 Å². The van der Waals surface area contributed by atoms with E-state index in [2.05, 4.69) is 37.2 Å². The molecule has 1 aromatic carbocycles. The zero-order valence-electron chi connectivity index (χ0n) is 15.8. The van der Waals surface area contributed by atoms with Crippen molar-refractivity contribution in [2.45, 2.75) is 45.2 Å². The quantitative estimate of drug-likeness (QED) is 0.727. The number of carbonyl (C=O) groups excluding carboxylic acids is 1. The van der Waals surface area contributed by atoms with E-state index in [9.17, 15) is 9.59 Å².